The van der Waals surface area contributed by atoms with Crippen LogP contribution in [0.4, 0.5) is 13.2 Å². The molecular weight excluding hydrogens is 381 g/mol. The van der Waals surface area contributed by atoms with E-state index in [1.165, 1.54) is 23.8 Å². The van der Waals surface area contributed by atoms with Gasteiger partial charge >= 0.3 is 6.18 Å². The summed E-state index contributed by atoms with van der Waals surface area (Å²) in [6.45, 7) is 4.25. The molecule has 1 saturated heterocycles. The van der Waals surface area contributed by atoms with E-state index in [-0.39, 0.29) is 18.0 Å². The van der Waals surface area contributed by atoms with Crippen LogP contribution in [0.1, 0.15) is 16.7 Å². The van der Waals surface area contributed by atoms with Gasteiger partial charge < -0.3 is 0 Å². The third-order valence-electron chi connectivity index (χ3n) is 4.74. The van der Waals surface area contributed by atoms with Crippen molar-refractivity contribution in [2.75, 3.05) is 32.7 Å². The quantitative estimate of drug-likeness (QED) is 0.595. The molecule has 2 aromatic carbocycles. The molecule has 0 atom stereocenters. The zero-order valence-corrected chi connectivity index (χ0v) is 15.9. The van der Waals surface area contributed by atoms with Crippen molar-refractivity contribution in [1.82, 2.24) is 15.2 Å². The van der Waals surface area contributed by atoms with Crippen LogP contribution in [-0.2, 0) is 17.5 Å². The van der Waals surface area contributed by atoms with Crippen LogP contribution in [0.2, 0.25) is 0 Å². The number of carbonyl (C=O) groups excluding carboxylic acids is 1. The van der Waals surface area contributed by atoms with Gasteiger partial charge in [-0.05, 0) is 11.6 Å². The second-order valence-electron chi connectivity index (χ2n) is 6.92. The van der Waals surface area contributed by atoms with Crippen molar-refractivity contribution in [2.24, 2.45) is 5.10 Å². The Labute approximate surface area is 167 Å². The Morgan fingerprint density at radius 2 is 1.59 bits per heavy atom. The summed E-state index contributed by atoms with van der Waals surface area (Å²) in [4.78, 5) is 16.4. The average molecular weight is 404 g/mol. The summed E-state index contributed by atoms with van der Waals surface area (Å²) in [5, 5.41) is 3.69. The Morgan fingerprint density at radius 1 is 0.966 bits per heavy atom. The zero-order valence-electron chi connectivity index (χ0n) is 15.9. The third-order valence-corrected chi connectivity index (χ3v) is 4.74. The molecule has 0 radical (unpaired) electrons. The van der Waals surface area contributed by atoms with Crippen LogP contribution in [0.5, 0.6) is 0 Å². The summed E-state index contributed by atoms with van der Waals surface area (Å²) in [7, 11) is 0. The summed E-state index contributed by atoms with van der Waals surface area (Å²) in [6.07, 6.45) is -3.44. The predicted molar refractivity (Wildman–Crippen MR) is 105 cm³/mol. The molecular formula is C21H23F3N4O. The van der Waals surface area contributed by atoms with E-state index in [0.29, 0.717) is 0 Å². The fourth-order valence-electron chi connectivity index (χ4n) is 3.23. The molecule has 1 N–H and O–H groups in total. The zero-order chi connectivity index (χ0) is 20.7. The number of hydrazone groups is 1. The molecule has 1 amide bonds. The molecule has 29 heavy (non-hydrogen) atoms. The fourth-order valence-corrected chi connectivity index (χ4v) is 3.23. The lowest BCUT2D eigenvalue weighted by molar-refractivity contribution is -0.137. The van der Waals surface area contributed by atoms with Crippen molar-refractivity contribution in [3.05, 3.63) is 71.3 Å². The summed E-state index contributed by atoms with van der Waals surface area (Å²) in [5.74, 6) is -0.345. The monoisotopic (exact) mass is 404 g/mol. The highest BCUT2D eigenvalue weighted by molar-refractivity contribution is 5.84. The van der Waals surface area contributed by atoms with Gasteiger partial charge in [0.15, 0.2) is 0 Å². The number of hydrogen-bond donors (Lipinski definition) is 1. The van der Waals surface area contributed by atoms with Gasteiger partial charge in [-0.3, -0.25) is 14.6 Å². The molecule has 0 bridgehead atoms. The number of nitrogens with zero attached hydrogens (tertiary/aromatic N) is 3. The van der Waals surface area contributed by atoms with Crippen molar-refractivity contribution in [2.45, 2.75) is 12.7 Å². The molecule has 2 aromatic rings. The van der Waals surface area contributed by atoms with E-state index in [2.05, 4.69) is 27.6 Å². The molecule has 8 heteroatoms. The van der Waals surface area contributed by atoms with E-state index >= 15 is 0 Å². The Hall–Kier alpha value is -2.71. The highest BCUT2D eigenvalue weighted by atomic mass is 19.4. The van der Waals surface area contributed by atoms with Gasteiger partial charge in [0.05, 0.1) is 18.3 Å². The molecule has 5 nitrogen and oxygen atoms in total. The minimum absolute atomic E-state index is 0.0881. The van der Waals surface area contributed by atoms with Gasteiger partial charge in [0.1, 0.15) is 0 Å². The summed E-state index contributed by atoms with van der Waals surface area (Å²) in [5.41, 5.74) is 2.70. The predicted octanol–water partition coefficient (Wildman–Crippen LogP) is 2.97. The van der Waals surface area contributed by atoms with Crippen molar-refractivity contribution >= 4 is 12.1 Å². The van der Waals surface area contributed by atoms with E-state index in [1.54, 1.807) is 0 Å². The maximum absolute atomic E-state index is 13.0. The summed E-state index contributed by atoms with van der Waals surface area (Å²) < 4.78 is 38.9. The normalized spacial score (nSPS) is 16.2. The second kappa shape index (κ2) is 9.67. The smallest absolute Gasteiger partial charge is 0.297 e. The fraction of sp³-hybridized carbons (Fsp3) is 0.333. The lowest BCUT2D eigenvalue weighted by atomic mass is 10.1. The lowest BCUT2D eigenvalue weighted by Crippen LogP contribution is -2.48. The minimum atomic E-state index is -4.47. The van der Waals surface area contributed by atoms with Crippen LogP contribution in [0.15, 0.2) is 59.7 Å². The largest absolute Gasteiger partial charge is 0.417 e. The molecule has 0 spiro atoms. The molecule has 1 fully saturated rings. The number of rotatable bonds is 6. The van der Waals surface area contributed by atoms with Crippen LogP contribution in [0.3, 0.4) is 0 Å². The third kappa shape index (κ3) is 6.40. The standard InChI is InChI=1S/C21H23F3N4O/c22-21(23,24)19-9-5-4-8-18(19)14-25-26-20(29)16-28-12-10-27(11-13-28)15-17-6-2-1-3-7-17/h1-9,14H,10-13,15-16H2,(H,26,29). The molecule has 0 aromatic heterocycles. The number of hydrogen-bond acceptors (Lipinski definition) is 4. The Morgan fingerprint density at radius 3 is 2.28 bits per heavy atom. The van der Waals surface area contributed by atoms with Gasteiger partial charge in [-0.25, -0.2) is 5.43 Å². The first-order valence-electron chi connectivity index (χ1n) is 9.38. The number of piperazine rings is 1. The van der Waals surface area contributed by atoms with Crippen molar-refractivity contribution in [1.29, 1.82) is 0 Å². The Kier molecular flexibility index (Phi) is 7.00. The minimum Gasteiger partial charge on any atom is -0.297 e. The molecule has 154 valence electrons. The number of alkyl halides is 3. The molecule has 0 saturated carbocycles. The molecule has 1 heterocycles. The van der Waals surface area contributed by atoms with Crippen molar-refractivity contribution in [3.63, 3.8) is 0 Å². The van der Waals surface area contributed by atoms with Crippen LogP contribution >= 0.6 is 0 Å². The first-order chi connectivity index (χ1) is 13.9. The SMILES string of the molecule is O=C(CN1CCN(Cc2ccccc2)CC1)NN=Cc1ccccc1C(F)(F)F. The van der Waals surface area contributed by atoms with Crippen molar-refractivity contribution in [3.8, 4) is 0 Å². The molecule has 3 rings (SSSR count). The van der Waals surface area contributed by atoms with Gasteiger partial charge in [0.25, 0.3) is 5.91 Å². The molecule has 0 unspecified atom stereocenters. The van der Waals surface area contributed by atoms with Crippen LogP contribution in [0, 0.1) is 0 Å². The van der Waals surface area contributed by atoms with Gasteiger partial charge in [0.2, 0.25) is 0 Å². The Balaban J connectivity index is 1.43. The Bertz CT molecular complexity index is 831. The topological polar surface area (TPSA) is 47.9 Å². The number of carbonyl (C=O) groups is 1. The van der Waals surface area contributed by atoms with Crippen LogP contribution in [-0.4, -0.2) is 54.6 Å². The van der Waals surface area contributed by atoms with Crippen LogP contribution < -0.4 is 5.43 Å². The first-order valence-corrected chi connectivity index (χ1v) is 9.38. The summed E-state index contributed by atoms with van der Waals surface area (Å²) >= 11 is 0. The highest BCUT2D eigenvalue weighted by Crippen LogP contribution is 2.31. The number of benzene rings is 2. The van der Waals surface area contributed by atoms with E-state index < -0.39 is 11.7 Å². The number of amides is 1. The highest BCUT2D eigenvalue weighted by Gasteiger charge is 2.32. The van der Waals surface area contributed by atoms with Crippen LogP contribution in [0.25, 0.3) is 0 Å². The van der Waals surface area contributed by atoms with E-state index in [1.807, 2.05) is 23.1 Å². The van der Waals surface area contributed by atoms with E-state index in [0.717, 1.165) is 45.0 Å². The second-order valence-corrected chi connectivity index (χ2v) is 6.92. The van der Waals surface area contributed by atoms with E-state index in [4.69, 9.17) is 0 Å². The number of nitrogens with one attached hydrogen (secondary N) is 1. The van der Waals surface area contributed by atoms with E-state index in [9.17, 15) is 18.0 Å². The number of halogens is 3. The molecule has 1 aliphatic heterocycles. The van der Waals surface area contributed by atoms with Gasteiger partial charge in [-0.2, -0.15) is 18.3 Å². The van der Waals surface area contributed by atoms with Gasteiger partial charge in [-0.15, -0.1) is 0 Å². The summed E-state index contributed by atoms with van der Waals surface area (Å²) in [6, 6.07) is 15.3. The molecule has 0 aliphatic carbocycles. The average Bonchev–Trinajstić information content (AvgIpc) is 2.70. The lowest BCUT2D eigenvalue weighted by Gasteiger charge is -2.34. The van der Waals surface area contributed by atoms with Crippen molar-refractivity contribution < 1.29 is 18.0 Å². The maximum Gasteiger partial charge on any atom is 0.417 e. The first kappa shape index (κ1) is 21.0. The van der Waals surface area contributed by atoms with Gasteiger partial charge in [-0.1, -0.05) is 48.5 Å². The molecule has 1 aliphatic rings. The maximum atomic E-state index is 13.0. The van der Waals surface area contributed by atoms with Gasteiger partial charge in [0, 0.05) is 38.3 Å².